The third-order valence-electron chi connectivity index (χ3n) is 4.67. The van der Waals surface area contributed by atoms with Crippen molar-refractivity contribution in [2.45, 2.75) is 19.4 Å². The molecule has 1 aromatic heterocycles. The molecule has 3 rings (SSSR count). The fraction of sp³-hybridized carbons (Fsp3) is 0.368. The van der Waals surface area contributed by atoms with Gasteiger partial charge < -0.3 is 15.4 Å². The standard InChI is InChI=1S/C19H22N4O4/c20-18(25)15-6-10-22(11-7-15)17(24)13-27-19(26)16-4-2-14(3-5-16)12-23-9-1-8-21-23/h1-5,8-9,15H,6-7,10-13H2,(H2,20,25). The number of amides is 2. The minimum absolute atomic E-state index is 0.183. The molecule has 1 aliphatic heterocycles. The molecule has 0 bridgehead atoms. The third kappa shape index (κ3) is 4.93. The molecule has 2 amide bonds. The van der Waals surface area contributed by atoms with Crippen LogP contribution in [-0.2, 0) is 20.9 Å². The number of nitrogens with zero attached hydrogens (tertiary/aromatic N) is 3. The molecule has 0 aliphatic carbocycles. The fourth-order valence-corrected chi connectivity index (χ4v) is 3.04. The van der Waals surface area contributed by atoms with Gasteiger partial charge in [0.15, 0.2) is 6.61 Å². The Labute approximate surface area is 156 Å². The van der Waals surface area contributed by atoms with Crippen molar-refractivity contribution in [3.63, 3.8) is 0 Å². The quantitative estimate of drug-likeness (QED) is 0.757. The highest BCUT2D eigenvalue weighted by atomic mass is 16.5. The van der Waals surface area contributed by atoms with E-state index in [1.807, 2.05) is 24.4 Å². The van der Waals surface area contributed by atoms with Gasteiger partial charge in [0.2, 0.25) is 5.91 Å². The van der Waals surface area contributed by atoms with Crippen molar-refractivity contribution in [3.05, 3.63) is 53.9 Å². The predicted octanol–water partition coefficient (Wildman–Crippen LogP) is 0.812. The molecule has 1 aromatic carbocycles. The molecule has 2 aromatic rings. The number of primary amides is 1. The molecular weight excluding hydrogens is 348 g/mol. The molecule has 2 N–H and O–H groups in total. The second kappa shape index (κ2) is 8.48. The Morgan fingerprint density at radius 3 is 2.44 bits per heavy atom. The first-order valence-electron chi connectivity index (χ1n) is 8.83. The summed E-state index contributed by atoms with van der Waals surface area (Å²) in [4.78, 5) is 37.1. The van der Waals surface area contributed by atoms with Crippen molar-refractivity contribution in [1.29, 1.82) is 0 Å². The summed E-state index contributed by atoms with van der Waals surface area (Å²) in [6.45, 7) is 1.20. The molecule has 1 fully saturated rings. The van der Waals surface area contributed by atoms with Crippen molar-refractivity contribution in [1.82, 2.24) is 14.7 Å². The molecule has 142 valence electrons. The van der Waals surface area contributed by atoms with Crippen LogP contribution in [0.15, 0.2) is 42.7 Å². The number of carbonyl (C=O) groups excluding carboxylic acids is 3. The van der Waals surface area contributed by atoms with Gasteiger partial charge in [-0.25, -0.2) is 4.79 Å². The summed E-state index contributed by atoms with van der Waals surface area (Å²) in [7, 11) is 0. The fourth-order valence-electron chi connectivity index (χ4n) is 3.04. The average molecular weight is 370 g/mol. The highest BCUT2D eigenvalue weighted by Gasteiger charge is 2.26. The van der Waals surface area contributed by atoms with Crippen LogP contribution in [0.25, 0.3) is 0 Å². The van der Waals surface area contributed by atoms with Crippen LogP contribution in [-0.4, -0.2) is 52.2 Å². The van der Waals surface area contributed by atoms with Crippen molar-refractivity contribution in [3.8, 4) is 0 Å². The number of nitrogens with two attached hydrogens (primary N) is 1. The number of ether oxygens (including phenoxy) is 1. The molecule has 0 spiro atoms. The molecule has 8 nitrogen and oxygen atoms in total. The van der Waals surface area contributed by atoms with E-state index in [0.717, 1.165) is 5.56 Å². The smallest absolute Gasteiger partial charge is 0.338 e. The van der Waals surface area contributed by atoms with E-state index >= 15 is 0 Å². The van der Waals surface area contributed by atoms with Crippen LogP contribution in [0, 0.1) is 5.92 Å². The molecule has 2 heterocycles. The molecule has 0 saturated carbocycles. The molecule has 1 saturated heterocycles. The largest absolute Gasteiger partial charge is 0.452 e. The van der Waals surface area contributed by atoms with Gasteiger partial charge in [-0.15, -0.1) is 0 Å². The van der Waals surface area contributed by atoms with Gasteiger partial charge in [0.05, 0.1) is 12.1 Å². The van der Waals surface area contributed by atoms with Crippen LogP contribution in [0.2, 0.25) is 0 Å². The molecule has 8 heteroatoms. The van der Waals surface area contributed by atoms with E-state index in [1.54, 1.807) is 27.9 Å². The van der Waals surface area contributed by atoms with Crippen LogP contribution >= 0.6 is 0 Å². The summed E-state index contributed by atoms with van der Waals surface area (Å²) in [5, 5.41) is 4.13. The number of aromatic nitrogens is 2. The van der Waals surface area contributed by atoms with Gasteiger partial charge in [0, 0.05) is 31.4 Å². The van der Waals surface area contributed by atoms with Gasteiger partial charge in [-0.1, -0.05) is 12.1 Å². The Hall–Kier alpha value is -3.16. The Morgan fingerprint density at radius 1 is 1.15 bits per heavy atom. The van der Waals surface area contributed by atoms with Crippen LogP contribution in [0.1, 0.15) is 28.8 Å². The first-order valence-corrected chi connectivity index (χ1v) is 8.83. The molecular formula is C19H22N4O4. The van der Waals surface area contributed by atoms with Crippen LogP contribution in [0.5, 0.6) is 0 Å². The van der Waals surface area contributed by atoms with E-state index in [4.69, 9.17) is 10.5 Å². The highest BCUT2D eigenvalue weighted by molar-refractivity contribution is 5.91. The lowest BCUT2D eigenvalue weighted by Gasteiger charge is -2.30. The number of hydrogen-bond donors (Lipinski definition) is 1. The predicted molar refractivity (Wildman–Crippen MR) is 96.6 cm³/mol. The number of piperidine rings is 1. The Bertz CT molecular complexity index is 794. The summed E-state index contributed by atoms with van der Waals surface area (Å²) in [5.41, 5.74) is 6.67. The van der Waals surface area contributed by atoms with Crippen molar-refractivity contribution >= 4 is 17.8 Å². The Morgan fingerprint density at radius 2 is 1.85 bits per heavy atom. The van der Waals surface area contributed by atoms with E-state index in [0.29, 0.717) is 38.0 Å². The molecule has 0 radical (unpaired) electrons. The second-order valence-corrected chi connectivity index (χ2v) is 6.53. The topological polar surface area (TPSA) is 108 Å². The lowest BCUT2D eigenvalue weighted by atomic mass is 9.96. The van der Waals surface area contributed by atoms with E-state index in [-0.39, 0.29) is 24.3 Å². The third-order valence-corrected chi connectivity index (χ3v) is 4.67. The minimum Gasteiger partial charge on any atom is -0.452 e. The lowest BCUT2D eigenvalue weighted by Crippen LogP contribution is -2.43. The first kappa shape index (κ1) is 18.6. The zero-order chi connectivity index (χ0) is 19.2. The SMILES string of the molecule is NC(=O)C1CCN(C(=O)COC(=O)c2ccc(Cn3cccn3)cc2)CC1. The summed E-state index contributed by atoms with van der Waals surface area (Å²) in [6, 6.07) is 8.84. The summed E-state index contributed by atoms with van der Waals surface area (Å²) in [6.07, 6.45) is 4.67. The van der Waals surface area contributed by atoms with E-state index in [2.05, 4.69) is 5.10 Å². The lowest BCUT2D eigenvalue weighted by molar-refractivity contribution is -0.137. The molecule has 0 unspecified atom stereocenters. The summed E-state index contributed by atoms with van der Waals surface area (Å²) >= 11 is 0. The zero-order valence-corrected chi connectivity index (χ0v) is 14.9. The number of esters is 1. The van der Waals surface area contributed by atoms with Crippen molar-refractivity contribution < 1.29 is 19.1 Å². The number of benzene rings is 1. The molecule has 27 heavy (non-hydrogen) atoms. The Kier molecular flexibility index (Phi) is 5.85. The van der Waals surface area contributed by atoms with E-state index < -0.39 is 5.97 Å². The zero-order valence-electron chi connectivity index (χ0n) is 14.9. The number of rotatable bonds is 6. The highest BCUT2D eigenvalue weighted by Crippen LogP contribution is 2.17. The number of hydrogen-bond acceptors (Lipinski definition) is 5. The van der Waals surface area contributed by atoms with Crippen LogP contribution in [0.3, 0.4) is 0 Å². The van der Waals surface area contributed by atoms with Crippen LogP contribution in [0.4, 0.5) is 0 Å². The maximum Gasteiger partial charge on any atom is 0.338 e. The maximum absolute atomic E-state index is 12.2. The summed E-state index contributed by atoms with van der Waals surface area (Å²) in [5.74, 6) is -1.32. The normalized spacial score (nSPS) is 14.7. The van der Waals surface area contributed by atoms with Gasteiger partial charge in [-0.2, -0.15) is 5.10 Å². The molecule has 1 aliphatic rings. The first-order chi connectivity index (χ1) is 13.0. The van der Waals surface area contributed by atoms with E-state index in [9.17, 15) is 14.4 Å². The van der Waals surface area contributed by atoms with Gasteiger partial charge in [0.1, 0.15) is 0 Å². The van der Waals surface area contributed by atoms with Gasteiger partial charge in [0.25, 0.3) is 5.91 Å². The van der Waals surface area contributed by atoms with Crippen molar-refractivity contribution in [2.75, 3.05) is 19.7 Å². The van der Waals surface area contributed by atoms with Gasteiger partial charge >= 0.3 is 5.97 Å². The number of likely N-dealkylation sites (tertiary alicyclic amines) is 1. The second-order valence-electron chi connectivity index (χ2n) is 6.53. The van der Waals surface area contributed by atoms with Gasteiger partial charge in [-0.3, -0.25) is 14.3 Å². The Balaban J connectivity index is 1.46. The number of carbonyl (C=O) groups is 3. The minimum atomic E-state index is -0.541. The average Bonchev–Trinajstić information content (AvgIpc) is 3.19. The monoisotopic (exact) mass is 370 g/mol. The van der Waals surface area contributed by atoms with Crippen molar-refractivity contribution in [2.24, 2.45) is 11.7 Å². The maximum atomic E-state index is 12.2. The van der Waals surface area contributed by atoms with Gasteiger partial charge in [-0.05, 0) is 36.6 Å². The van der Waals surface area contributed by atoms with E-state index in [1.165, 1.54) is 0 Å². The summed E-state index contributed by atoms with van der Waals surface area (Å²) < 4.78 is 6.91. The van der Waals surface area contributed by atoms with Crippen LogP contribution < -0.4 is 5.73 Å². The molecule has 0 atom stereocenters.